The molecule has 8 aromatic rings. The van der Waals surface area contributed by atoms with Crippen molar-refractivity contribution in [2.45, 2.75) is 349 Å². The molecule has 0 aliphatic heterocycles. The average molecular weight is 1820 g/mol. The molecule has 0 spiro atoms. The fraction of sp³-hybridized carbons (Fsp3) is 0.670. The maximum atomic E-state index is 13.1. The van der Waals surface area contributed by atoms with Crippen LogP contribution < -0.4 is 55.0 Å². The van der Waals surface area contributed by atoms with Gasteiger partial charge in [0.25, 0.3) is 16.7 Å². The number of fused-ring (bicyclic) bond motifs is 3. The standard InChI is InChI=1S/C34H52N6O6.C33H50N6O6.C30H53N5O4/c1-25(45-23-26-19-15-14-16-20-26)27(37-32(43)46-34(2,3)4)30(41)35-21-17-12-10-8-7-9-11-13-18-22-40-31(42)28-29(36-24-38(28)5)39(6)33(40)44;1-33(2,3)45-31(42)36-26(23-44-22-25-18-14-13-15-19-25)29(40)34-20-16-11-9-7-6-8-10-12-17-21-39-30(41)27-28(35-24-37(27)4)38(5)32(39)43;1-5-6-7-8-9-12-15-18-21-34(25(2)36)23-26(37)20-17-14-11-10-13-16-19-22-35-29(38)27-28(31-24-32(27)3)33(4)30(35)39/h14-16,19-20,24-25,27H,7-13,17-18,21-23H2,1-6H3,(H,35,41)(H,37,43);13-15,18-19,24,26H,6-12,16-17,20-23H2,1-5H3,(H,34,40)(H,36,42);24,26,37H,5-23H2,1-4H3/t25-,27?;;/m1../s1. The van der Waals surface area contributed by atoms with Crippen LogP contribution in [0.3, 0.4) is 0 Å². The molecule has 130 heavy (non-hydrogen) atoms. The number of alkyl carbamates (subject to hydrolysis) is 2. The Bertz CT molecular complexity index is 5100. The lowest BCUT2D eigenvalue weighted by atomic mass is 10.1. The number of hydrogen-bond acceptors (Lipinski definition) is 19. The third kappa shape index (κ3) is 37.9. The van der Waals surface area contributed by atoms with Crippen molar-refractivity contribution in [3.05, 3.63) is 153 Å². The molecule has 5 N–H and O–H groups in total. The summed E-state index contributed by atoms with van der Waals surface area (Å²) in [6, 6.07) is 17.6. The molecule has 8 rings (SSSR count). The number of ether oxygens (including phenoxy) is 4. The molecule has 0 bridgehead atoms. The van der Waals surface area contributed by atoms with E-state index < -0.39 is 47.7 Å². The molecule has 0 fully saturated rings. The summed E-state index contributed by atoms with van der Waals surface area (Å²) in [7, 11) is 10.2. The highest BCUT2D eigenvalue weighted by atomic mass is 16.6. The number of carbonyl (C=O) groups is 5. The second-order valence-electron chi connectivity index (χ2n) is 36.6. The van der Waals surface area contributed by atoms with Crippen LogP contribution in [0, 0.1) is 0 Å². The van der Waals surface area contributed by atoms with Gasteiger partial charge in [0, 0.05) is 95.0 Å². The van der Waals surface area contributed by atoms with Gasteiger partial charge in [0.05, 0.1) is 51.0 Å². The Labute approximate surface area is 767 Å². The van der Waals surface area contributed by atoms with Crippen molar-refractivity contribution in [3.63, 3.8) is 0 Å². The Balaban J connectivity index is 0.000000302. The number of aryl methyl sites for hydroxylation is 6. The fourth-order valence-electron chi connectivity index (χ4n) is 15.6. The molecular weight excluding hydrogens is 1660 g/mol. The smallest absolute Gasteiger partial charge is 0.408 e. The molecule has 0 saturated carbocycles. The van der Waals surface area contributed by atoms with Gasteiger partial charge in [-0.05, 0) is 105 Å². The summed E-state index contributed by atoms with van der Waals surface area (Å²) >= 11 is 0. The van der Waals surface area contributed by atoms with Gasteiger partial charge in [0.2, 0.25) is 17.7 Å². The zero-order valence-electron chi connectivity index (χ0n) is 80.8. The SMILES string of the molecule is CCCCCCCCCCN(CC(O)CCCCCCCCCn1c(=O)c2c(ncn2C)n(C)c1=O)C(C)=O.C[C@@H](OCc1ccccc1)C(NC(=O)OC(C)(C)C)C(=O)NCCCCCCCCCCCn1c(=O)c2c(ncn2C)n(C)c1=O.Cn1cnc2c1c(=O)n(CCCCCCCCCCCNC(=O)C(COCc1ccccc1)NC(=O)OC(C)(C)C)c(=O)n2C. The minimum atomic E-state index is -0.891. The number of rotatable bonds is 57. The quantitative estimate of drug-likeness (QED) is 0.0221. The maximum absolute atomic E-state index is 13.1. The molecule has 4 atom stereocenters. The summed E-state index contributed by atoms with van der Waals surface area (Å²) in [5.41, 5.74) is 1.40. The summed E-state index contributed by atoms with van der Waals surface area (Å²) in [5.74, 6) is -0.543. The molecule has 724 valence electrons. The Morgan fingerprint density at radius 3 is 1.15 bits per heavy atom. The van der Waals surface area contributed by atoms with E-state index in [0.29, 0.717) is 86.0 Å². The minimum Gasteiger partial charge on any atom is -0.444 e. The van der Waals surface area contributed by atoms with Gasteiger partial charge in [-0.1, -0.05) is 241 Å². The first-order valence-electron chi connectivity index (χ1n) is 47.7. The number of carbonyl (C=O) groups excluding carboxylic acids is 5. The Morgan fingerprint density at radius 1 is 0.438 bits per heavy atom. The van der Waals surface area contributed by atoms with Gasteiger partial charge in [0.1, 0.15) is 23.3 Å². The number of amides is 5. The van der Waals surface area contributed by atoms with E-state index >= 15 is 0 Å². The average Bonchev–Trinajstić information content (AvgIpc) is 1.60. The van der Waals surface area contributed by atoms with E-state index in [1.165, 1.54) is 65.9 Å². The van der Waals surface area contributed by atoms with Crippen molar-refractivity contribution in [2.75, 3.05) is 32.8 Å². The molecule has 6 heterocycles. The predicted molar refractivity (Wildman–Crippen MR) is 511 cm³/mol. The van der Waals surface area contributed by atoms with E-state index in [9.17, 15) is 57.8 Å². The number of nitrogens with zero attached hydrogens (tertiary/aromatic N) is 13. The van der Waals surface area contributed by atoms with Crippen LogP contribution in [0.1, 0.15) is 292 Å². The van der Waals surface area contributed by atoms with Gasteiger partial charge in [-0.15, -0.1) is 0 Å². The summed E-state index contributed by atoms with van der Waals surface area (Å²) in [4.78, 5) is 153. The maximum Gasteiger partial charge on any atom is 0.408 e. The van der Waals surface area contributed by atoms with E-state index in [4.69, 9.17) is 18.9 Å². The predicted octanol–water partition coefficient (Wildman–Crippen LogP) is 13.6. The zero-order valence-corrected chi connectivity index (χ0v) is 80.8. The number of aromatic nitrogens is 12. The summed E-state index contributed by atoms with van der Waals surface area (Å²) in [6.07, 6.45) is 38.1. The molecule has 6 aromatic heterocycles. The molecule has 0 aliphatic rings. The van der Waals surface area contributed by atoms with Gasteiger partial charge < -0.3 is 63.9 Å². The van der Waals surface area contributed by atoms with Gasteiger partial charge in [-0.2, -0.15) is 0 Å². The van der Waals surface area contributed by atoms with Crippen molar-refractivity contribution in [1.82, 2.24) is 82.2 Å². The van der Waals surface area contributed by atoms with Crippen LogP contribution in [0.5, 0.6) is 0 Å². The number of unbranched alkanes of at least 4 members (excludes halogenated alkanes) is 29. The lowest BCUT2D eigenvalue weighted by Gasteiger charge is -2.27. The highest BCUT2D eigenvalue weighted by molar-refractivity contribution is 5.87. The Hall–Kier alpha value is -10.3. The van der Waals surface area contributed by atoms with E-state index in [2.05, 4.69) is 43.1 Å². The number of aliphatic hydroxyl groups is 1. The summed E-state index contributed by atoms with van der Waals surface area (Å²) < 4.78 is 35.6. The van der Waals surface area contributed by atoms with Crippen LogP contribution in [0.2, 0.25) is 0 Å². The van der Waals surface area contributed by atoms with Crippen molar-refractivity contribution in [1.29, 1.82) is 0 Å². The van der Waals surface area contributed by atoms with Gasteiger partial charge in [-0.3, -0.25) is 56.2 Å². The number of benzene rings is 2. The van der Waals surface area contributed by atoms with Crippen LogP contribution in [-0.2, 0) is 108 Å². The molecule has 0 radical (unpaired) electrons. The third-order valence-corrected chi connectivity index (χ3v) is 23.1. The first-order valence-corrected chi connectivity index (χ1v) is 47.7. The first-order chi connectivity index (χ1) is 62.1. The number of hydrogen-bond donors (Lipinski definition) is 5. The Morgan fingerprint density at radius 2 is 0.777 bits per heavy atom. The highest BCUT2D eigenvalue weighted by Crippen LogP contribution is 2.19. The van der Waals surface area contributed by atoms with Crippen molar-refractivity contribution >= 4 is 63.4 Å². The first kappa shape index (κ1) is 108. The Kier molecular flexibility index (Phi) is 48.2. The van der Waals surface area contributed by atoms with E-state index in [-0.39, 0.29) is 58.1 Å². The molecular formula is C97H155N17O16. The lowest BCUT2D eigenvalue weighted by Crippen LogP contribution is -2.54. The monoisotopic (exact) mass is 1810 g/mol. The second-order valence-corrected chi connectivity index (χ2v) is 36.6. The molecule has 5 amide bonds. The van der Waals surface area contributed by atoms with Crippen LogP contribution in [0.15, 0.2) is 108 Å². The van der Waals surface area contributed by atoms with Crippen LogP contribution in [-0.4, -0.2) is 164 Å². The van der Waals surface area contributed by atoms with Crippen LogP contribution in [0.25, 0.3) is 33.5 Å². The summed E-state index contributed by atoms with van der Waals surface area (Å²) in [5, 5.41) is 21.6. The van der Waals surface area contributed by atoms with Crippen molar-refractivity contribution in [2.24, 2.45) is 42.3 Å². The second kappa shape index (κ2) is 57.8. The van der Waals surface area contributed by atoms with Crippen molar-refractivity contribution in [3.8, 4) is 0 Å². The van der Waals surface area contributed by atoms with E-state index in [1.54, 1.807) is 130 Å². The topological polar surface area (TPSA) is 379 Å². The molecule has 33 heteroatoms. The van der Waals surface area contributed by atoms with Crippen LogP contribution >= 0.6 is 0 Å². The normalized spacial score (nSPS) is 12.6. The van der Waals surface area contributed by atoms with Crippen LogP contribution in [0.4, 0.5) is 9.59 Å². The molecule has 0 saturated heterocycles. The van der Waals surface area contributed by atoms with Crippen molar-refractivity contribution < 1.29 is 48.0 Å². The van der Waals surface area contributed by atoms with E-state index in [0.717, 1.165) is 197 Å². The fourth-order valence-corrected chi connectivity index (χ4v) is 15.6. The summed E-state index contributed by atoms with van der Waals surface area (Å²) in [6.45, 7) is 20.4. The largest absolute Gasteiger partial charge is 0.444 e. The number of imidazole rings is 3. The van der Waals surface area contributed by atoms with E-state index in [1.807, 2.05) is 65.6 Å². The number of nitrogens with one attached hydrogen (secondary N) is 4. The lowest BCUT2D eigenvalue weighted by molar-refractivity contribution is -0.130. The number of aliphatic hydroxyl groups excluding tert-OH is 1. The third-order valence-electron chi connectivity index (χ3n) is 23.1. The zero-order chi connectivity index (χ0) is 95.1. The van der Waals surface area contributed by atoms with Gasteiger partial charge in [-0.25, -0.2) is 38.9 Å². The highest BCUT2D eigenvalue weighted by Gasteiger charge is 2.31. The minimum absolute atomic E-state index is 0.0347. The molecule has 3 unspecified atom stereocenters. The molecule has 33 nitrogen and oxygen atoms in total. The van der Waals surface area contributed by atoms with Gasteiger partial charge >= 0.3 is 29.3 Å². The molecule has 2 aromatic carbocycles. The molecule has 0 aliphatic carbocycles. The van der Waals surface area contributed by atoms with Gasteiger partial charge in [0.15, 0.2) is 33.5 Å².